The Bertz CT molecular complexity index is 886. The van der Waals surface area contributed by atoms with Gasteiger partial charge in [0.1, 0.15) is 0 Å². The van der Waals surface area contributed by atoms with Gasteiger partial charge in [0, 0.05) is 11.3 Å². The van der Waals surface area contributed by atoms with Crippen LogP contribution in [-0.4, -0.2) is 13.2 Å². The Morgan fingerprint density at radius 3 is 1.84 bits per heavy atom. The molecule has 0 bridgehead atoms. The van der Waals surface area contributed by atoms with Gasteiger partial charge in [0.05, 0.1) is 26.4 Å². The Morgan fingerprint density at radius 1 is 0.839 bits per heavy atom. The maximum Gasteiger partial charge on any atom is 0.0717 e. The largest absolute Gasteiger partial charge is 0.376 e. The number of hydrogen-bond donors (Lipinski definition) is 0. The summed E-state index contributed by atoms with van der Waals surface area (Å²) in [5, 5.41) is 0. The Morgan fingerprint density at radius 2 is 1.35 bits per heavy atom. The van der Waals surface area contributed by atoms with E-state index in [2.05, 4.69) is 82.3 Å². The van der Waals surface area contributed by atoms with E-state index < -0.39 is 0 Å². The Kier molecular flexibility index (Phi) is 6.50. The van der Waals surface area contributed by atoms with Crippen molar-refractivity contribution in [2.45, 2.75) is 53.8 Å². The zero-order valence-electron chi connectivity index (χ0n) is 19.5. The summed E-state index contributed by atoms with van der Waals surface area (Å²) in [6.45, 7) is 12.1. The summed E-state index contributed by atoms with van der Waals surface area (Å²) in [6, 6.07) is 20.9. The molecule has 0 saturated heterocycles. The number of rotatable bonds is 8. The van der Waals surface area contributed by atoms with Crippen molar-refractivity contribution in [3.8, 4) is 0 Å². The Balaban J connectivity index is 1.46. The highest BCUT2D eigenvalue weighted by Crippen LogP contribution is 2.56. The lowest BCUT2D eigenvalue weighted by atomic mass is 9.56. The summed E-state index contributed by atoms with van der Waals surface area (Å²) in [4.78, 5) is 0. The highest BCUT2D eigenvalue weighted by molar-refractivity contribution is 5.54. The second-order valence-corrected chi connectivity index (χ2v) is 10.5. The summed E-state index contributed by atoms with van der Waals surface area (Å²) < 4.78 is 12.5. The van der Waals surface area contributed by atoms with Crippen LogP contribution in [0.1, 0.15) is 51.7 Å². The Hall–Kier alpha value is -2.16. The first kappa shape index (κ1) is 22.0. The van der Waals surface area contributed by atoms with Gasteiger partial charge in [0.25, 0.3) is 0 Å². The topological polar surface area (TPSA) is 18.5 Å². The summed E-state index contributed by atoms with van der Waals surface area (Å²) in [5.41, 5.74) is 7.43. The molecule has 1 unspecified atom stereocenters. The molecular weight excluding hydrogens is 380 g/mol. The first-order valence-electron chi connectivity index (χ1n) is 11.5. The molecule has 0 fully saturated rings. The molecule has 2 heteroatoms. The van der Waals surface area contributed by atoms with Crippen LogP contribution in [0.25, 0.3) is 0 Å². The predicted molar refractivity (Wildman–Crippen MR) is 128 cm³/mol. The maximum atomic E-state index is 6.27. The van der Waals surface area contributed by atoms with Crippen LogP contribution in [0.3, 0.4) is 0 Å². The Labute approximate surface area is 188 Å². The standard InChI is InChI=1S/C29H36O2/c1-22-26-17-29(16-15-25(26)27(22)28(2,3)4,20-30-18-23-11-7-5-8-12-23)21-31-19-24-13-9-6-10-14-24/h5-15,27H,16-21H2,1-4H3. The van der Waals surface area contributed by atoms with E-state index in [0.29, 0.717) is 19.1 Å². The molecular formula is C29H36O2. The van der Waals surface area contributed by atoms with Crippen LogP contribution in [0.2, 0.25) is 0 Å². The predicted octanol–water partition coefficient (Wildman–Crippen LogP) is 7.12. The summed E-state index contributed by atoms with van der Waals surface area (Å²) >= 11 is 0. The molecule has 164 valence electrons. The van der Waals surface area contributed by atoms with Gasteiger partial charge in [-0.15, -0.1) is 0 Å². The number of ether oxygens (including phenoxy) is 2. The monoisotopic (exact) mass is 416 g/mol. The molecule has 0 aliphatic heterocycles. The minimum atomic E-state index is 0.00646. The fourth-order valence-electron chi connectivity index (χ4n) is 5.28. The quantitative estimate of drug-likeness (QED) is 0.456. The van der Waals surface area contributed by atoms with Crippen molar-refractivity contribution in [1.82, 2.24) is 0 Å². The zero-order valence-corrected chi connectivity index (χ0v) is 19.5. The second kappa shape index (κ2) is 9.14. The fourth-order valence-corrected chi connectivity index (χ4v) is 5.28. The van der Waals surface area contributed by atoms with Crippen molar-refractivity contribution in [3.63, 3.8) is 0 Å². The van der Waals surface area contributed by atoms with E-state index in [1.807, 2.05) is 12.1 Å². The van der Waals surface area contributed by atoms with Crippen molar-refractivity contribution in [3.05, 3.63) is 94.6 Å². The van der Waals surface area contributed by atoms with Gasteiger partial charge in [-0.1, -0.05) is 93.1 Å². The van der Waals surface area contributed by atoms with E-state index >= 15 is 0 Å². The summed E-state index contributed by atoms with van der Waals surface area (Å²) in [6.07, 6.45) is 4.57. The molecule has 4 rings (SSSR count). The van der Waals surface area contributed by atoms with E-state index in [0.717, 1.165) is 26.1 Å². The molecule has 2 aliphatic rings. The molecule has 2 aliphatic carbocycles. The normalized spacial score (nSPS) is 20.1. The third-order valence-corrected chi connectivity index (χ3v) is 6.78. The van der Waals surface area contributed by atoms with Gasteiger partial charge in [-0.3, -0.25) is 0 Å². The molecule has 31 heavy (non-hydrogen) atoms. The van der Waals surface area contributed by atoms with E-state index in [-0.39, 0.29) is 10.8 Å². The first-order valence-corrected chi connectivity index (χ1v) is 11.5. The lowest BCUT2D eigenvalue weighted by Gasteiger charge is -2.49. The van der Waals surface area contributed by atoms with Crippen molar-refractivity contribution in [1.29, 1.82) is 0 Å². The van der Waals surface area contributed by atoms with Crippen LogP contribution >= 0.6 is 0 Å². The minimum absolute atomic E-state index is 0.00646. The van der Waals surface area contributed by atoms with E-state index in [1.54, 1.807) is 16.7 Å². The lowest BCUT2D eigenvalue weighted by Crippen LogP contribution is -2.41. The van der Waals surface area contributed by atoms with Crippen LogP contribution in [0.5, 0.6) is 0 Å². The SMILES string of the molecule is CC1=C2CC(COCc3ccccc3)(COCc3ccccc3)CC=C2C1C(C)(C)C. The third kappa shape index (κ3) is 5.02. The van der Waals surface area contributed by atoms with Gasteiger partial charge in [0.2, 0.25) is 0 Å². The average Bonchev–Trinajstić information content (AvgIpc) is 2.75. The number of benzene rings is 2. The van der Waals surface area contributed by atoms with Gasteiger partial charge >= 0.3 is 0 Å². The molecule has 2 nitrogen and oxygen atoms in total. The minimum Gasteiger partial charge on any atom is -0.376 e. The molecule has 0 N–H and O–H groups in total. The zero-order chi connectivity index (χ0) is 21.9. The van der Waals surface area contributed by atoms with Crippen molar-refractivity contribution in [2.24, 2.45) is 16.7 Å². The van der Waals surface area contributed by atoms with Gasteiger partial charge in [-0.05, 0) is 47.5 Å². The van der Waals surface area contributed by atoms with Gasteiger partial charge in [0.15, 0.2) is 0 Å². The molecule has 1 atom stereocenters. The van der Waals surface area contributed by atoms with E-state index in [9.17, 15) is 0 Å². The fraction of sp³-hybridized carbons (Fsp3) is 0.448. The van der Waals surface area contributed by atoms with Gasteiger partial charge in [-0.2, -0.15) is 0 Å². The summed E-state index contributed by atoms with van der Waals surface area (Å²) in [7, 11) is 0. The highest BCUT2D eigenvalue weighted by Gasteiger charge is 2.46. The van der Waals surface area contributed by atoms with Gasteiger partial charge in [-0.25, -0.2) is 0 Å². The van der Waals surface area contributed by atoms with Crippen LogP contribution in [0.15, 0.2) is 83.5 Å². The molecule has 0 saturated carbocycles. The van der Waals surface area contributed by atoms with Crippen LogP contribution in [0.4, 0.5) is 0 Å². The number of allylic oxidation sites excluding steroid dienone is 4. The molecule has 2 aromatic carbocycles. The van der Waals surface area contributed by atoms with Gasteiger partial charge < -0.3 is 9.47 Å². The third-order valence-electron chi connectivity index (χ3n) is 6.78. The lowest BCUT2D eigenvalue weighted by molar-refractivity contribution is -0.0345. The molecule has 0 radical (unpaired) electrons. The number of fused-ring (bicyclic) bond motifs is 1. The summed E-state index contributed by atoms with van der Waals surface area (Å²) in [5.74, 6) is 0.593. The van der Waals surface area contributed by atoms with Crippen LogP contribution < -0.4 is 0 Å². The average molecular weight is 417 g/mol. The number of hydrogen-bond acceptors (Lipinski definition) is 2. The first-order chi connectivity index (χ1) is 14.9. The maximum absolute atomic E-state index is 6.27. The van der Waals surface area contributed by atoms with Crippen LogP contribution in [-0.2, 0) is 22.7 Å². The van der Waals surface area contributed by atoms with E-state index in [1.165, 1.54) is 11.1 Å². The van der Waals surface area contributed by atoms with Crippen molar-refractivity contribution < 1.29 is 9.47 Å². The highest BCUT2D eigenvalue weighted by atomic mass is 16.5. The second-order valence-electron chi connectivity index (χ2n) is 10.5. The smallest absolute Gasteiger partial charge is 0.0717 e. The van der Waals surface area contributed by atoms with Crippen molar-refractivity contribution in [2.75, 3.05) is 13.2 Å². The molecule has 0 amide bonds. The van der Waals surface area contributed by atoms with Crippen molar-refractivity contribution >= 4 is 0 Å². The van der Waals surface area contributed by atoms with E-state index in [4.69, 9.17) is 9.47 Å². The molecule has 0 spiro atoms. The molecule has 0 aromatic heterocycles. The molecule has 0 heterocycles. The van der Waals surface area contributed by atoms with Crippen LogP contribution in [0, 0.1) is 16.7 Å². The molecule has 2 aromatic rings.